The second-order valence-electron chi connectivity index (χ2n) is 3.76. The summed E-state index contributed by atoms with van der Waals surface area (Å²) in [4.78, 5) is 16.3. The zero-order valence-corrected chi connectivity index (χ0v) is 10.5. The third-order valence-electron chi connectivity index (χ3n) is 2.36. The van der Waals surface area contributed by atoms with E-state index in [4.69, 9.17) is 12.2 Å². The Labute approximate surface area is 111 Å². The van der Waals surface area contributed by atoms with Gasteiger partial charge in [0.15, 0.2) is 5.78 Å². The normalized spacial score (nSPS) is 9.78. The van der Waals surface area contributed by atoms with Crippen molar-refractivity contribution in [1.82, 2.24) is 4.98 Å². The summed E-state index contributed by atoms with van der Waals surface area (Å²) in [5.41, 5.74) is 1.47. The summed E-state index contributed by atoms with van der Waals surface area (Å²) < 4.78 is 0. The third kappa shape index (κ3) is 3.46. The molecule has 0 fully saturated rings. The van der Waals surface area contributed by atoms with E-state index in [1.54, 1.807) is 24.5 Å². The molecule has 0 atom stereocenters. The van der Waals surface area contributed by atoms with Crippen molar-refractivity contribution in [2.24, 2.45) is 0 Å². The van der Waals surface area contributed by atoms with Crippen LogP contribution in [0.2, 0.25) is 0 Å². The number of carbonyl (C=O) groups is 1. The molecule has 2 rings (SSSR count). The molecule has 3 nitrogen and oxygen atoms in total. The Kier molecular flexibility index (Phi) is 4.15. The van der Waals surface area contributed by atoms with Gasteiger partial charge in [-0.25, -0.2) is 0 Å². The number of benzene rings is 1. The smallest absolute Gasteiger partial charge is 0.171 e. The highest BCUT2D eigenvalue weighted by atomic mass is 32.1. The van der Waals surface area contributed by atoms with Crippen LogP contribution >= 0.6 is 12.2 Å². The van der Waals surface area contributed by atoms with Gasteiger partial charge in [-0.05, 0) is 24.3 Å². The van der Waals surface area contributed by atoms with Gasteiger partial charge >= 0.3 is 0 Å². The average Bonchev–Trinajstić information content (AvgIpc) is 2.40. The molecule has 0 saturated carbocycles. The molecular formula is C14H12N2OS. The molecule has 0 aliphatic carbocycles. The summed E-state index contributed by atoms with van der Waals surface area (Å²) in [5, 5.41) is 3.03. The second kappa shape index (κ2) is 6.02. The van der Waals surface area contributed by atoms with E-state index in [9.17, 15) is 4.79 Å². The number of thiocarbonyl (C=S) groups is 1. The molecular weight excluding hydrogens is 244 g/mol. The Morgan fingerprint density at radius 2 is 1.94 bits per heavy atom. The largest absolute Gasteiger partial charge is 0.350 e. The predicted octanol–water partition coefficient (Wildman–Crippen LogP) is 3.09. The Morgan fingerprint density at radius 1 is 1.17 bits per heavy atom. The summed E-state index contributed by atoms with van der Waals surface area (Å²) >= 11 is 5.16. The van der Waals surface area contributed by atoms with E-state index >= 15 is 0 Å². The predicted molar refractivity (Wildman–Crippen MR) is 75.8 cm³/mol. The quantitative estimate of drug-likeness (QED) is 0.674. The van der Waals surface area contributed by atoms with E-state index < -0.39 is 0 Å². The zero-order chi connectivity index (χ0) is 12.8. The van der Waals surface area contributed by atoms with Crippen LogP contribution in [0, 0.1) is 0 Å². The standard InChI is InChI=1S/C14H12N2OS/c17-13(11-5-4-8-15-10-11)9-14(18)16-12-6-2-1-3-7-12/h1-8,10H,9H2,(H,16,18). The lowest BCUT2D eigenvalue weighted by molar-refractivity contribution is 0.100. The molecule has 90 valence electrons. The highest BCUT2D eigenvalue weighted by molar-refractivity contribution is 7.80. The number of pyridine rings is 1. The fourth-order valence-corrected chi connectivity index (χ4v) is 1.75. The third-order valence-corrected chi connectivity index (χ3v) is 2.61. The van der Waals surface area contributed by atoms with Crippen molar-refractivity contribution >= 4 is 28.7 Å². The first-order chi connectivity index (χ1) is 8.75. The van der Waals surface area contributed by atoms with E-state index in [0.29, 0.717) is 10.6 Å². The first kappa shape index (κ1) is 12.4. The molecule has 1 aromatic carbocycles. The molecule has 0 unspecified atom stereocenters. The van der Waals surface area contributed by atoms with Crippen LogP contribution in [-0.4, -0.2) is 15.8 Å². The number of Topliss-reactive ketones (excluding diaryl/α,β-unsaturated/α-hetero) is 1. The van der Waals surface area contributed by atoms with Crippen LogP contribution in [0.15, 0.2) is 54.9 Å². The molecule has 0 spiro atoms. The number of para-hydroxylation sites is 1. The summed E-state index contributed by atoms with van der Waals surface area (Å²) in [6, 6.07) is 13.0. The lowest BCUT2D eigenvalue weighted by Crippen LogP contribution is -2.14. The minimum atomic E-state index is -0.0310. The molecule has 1 heterocycles. The van der Waals surface area contributed by atoms with E-state index in [0.717, 1.165) is 5.69 Å². The van der Waals surface area contributed by atoms with E-state index in [-0.39, 0.29) is 12.2 Å². The molecule has 0 aliphatic heterocycles. The van der Waals surface area contributed by atoms with Gasteiger partial charge in [0.2, 0.25) is 0 Å². The van der Waals surface area contributed by atoms with Crippen molar-refractivity contribution < 1.29 is 4.79 Å². The summed E-state index contributed by atoms with van der Waals surface area (Å²) in [7, 11) is 0. The van der Waals surface area contributed by atoms with Crippen LogP contribution in [-0.2, 0) is 0 Å². The number of hydrogen-bond donors (Lipinski definition) is 1. The fourth-order valence-electron chi connectivity index (χ4n) is 1.50. The summed E-state index contributed by atoms with van der Waals surface area (Å²) in [6.07, 6.45) is 3.38. The Balaban J connectivity index is 1.94. The van der Waals surface area contributed by atoms with Crippen LogP contribution < -0.4 is 5.32 Å². The maximum Gasteiger partial charge on any atom is 0.171 e. The monoisotopic (exact) mass is 256 g/mol. The van der Waals surface area contributed by atoms with Crippen molar-refractivity contribution in [2.45, 2.75) is 6.42 Å². The Morgan fingerprint density at radius 3 is 2.61 bits per heavy atom. The van der Waals surface area contributed by atoms with Gasteiger partial charge in [0.1, 0.15) is 0 Å². The van der Waals surface area contributed by atoms with Crippen molar-refractivity contribution in [3.63, 3.8) is 0 Å². The van der Waals surface area contributed by atoms with Crippen molar-refractivity contribution in [1.29, 1.82) is 0 Å². The SMILES string of the molecule is O=C(CC(=S)Nc1ccccc1)c1cccnc1. The lowest BCUT2D eigenvalue weighted by Gasteiger charge is -2.06. The molecule has 18 heavy (non-hydrogen) atoms. The first-order valence-corrected chi connectivity index (χ1v) is 5.94. The molecule has 0 aliphatic rings. The fraction of sp³-hybridized carbons (Fsp3) is 0.0714. The highest BCUT2D eigenvalue weighted by Crippen LogP contribution is 2.08. The molecule has 2 aromatic rings. The van der Waals surface area contributed by atoms with Crippen LogP contribution in [0.25, 0.3) is 0 Å². The van der Waals surface area contributed by atoms with Gasteiger partial charge in [-0.3, -0.25) is 9.78 Å². The molecule has 4 heteroatoms. The van der Waals surface area contributed by atoms with Gasteiger partial charge < -0.3 is 5.32 Å². The topological polar surface area (TPSA) is 42.0 Å². The van der Waals surface area contributed by atoms with Crippen LogP contribution in [0.4, 0.5) is 5.69 Å². The first-order valence-electron chi connectivity index (χ1n) is 5.54. The number of nitrogens with zero attached hydrogens (tertiary/aromatic N) is 1. The van der Waals surface area contributed by atoms with Crippen molar-refractivity contribution in [3.05, 3.63) is 60.4 Å². The van der Waals surface area contributed by atoms with Crippen LogP contribution in [0.1, 0.15) is 16.8 Å². The van der Waals surface area contributed by atoms with Gasteiger partial charge in [-0.15, -0.1) is 0 Å². The van der Waals surface area contributed by atoms with Gasteiger partial charge in [-0.2, -0.15) is 0 Å². The minimum absolute atomic E-state index is 0.0310. The van der Waals surface area contributed by atoms with Gasteiger partial charge in [-0.1, -0.05) is 30.4 Å². The van der Waals surface area contributed by atoms with Crippen molar-refractivity contribution in [3.8, 4) is 0 Å². The maximum absolute atomic E-state index is 11.9. The van der Waals surface area contributed by atoms with Crippen molar-refractivity contribution in [2.75, 3.05) is 5.32 Å². The minimum Gasteiger partial charge on any atom is -0.350 e. The number of aromatic nitrogens is 1. The molecule has 0 saturated heterocycles. The molecule has 0 amide bonds. The van der Waals surface area contributed by atoms with Crippen LogP contribution in [0.3, 0.4) is 0 Å². The summed E-state index contributed by atoms with van der Waals surface area (Å²) in [5.74, 6) is -0.0310. The molecule has 0 bridgehead atoms. The van der Waals surface area contributed by atoms with E-state index in [1.165, 1.54) is 0 Å². The molecule has 0 radical (unpaired) electrons. The zero-order valence-electron chi connectivity index (χ0n) is 9.67. The highest BCUT2D eigenvalue weighted by Gasteiger charge is 2.08. The summed E-state index contributed by atoms with van der Waals surface area (Å²) in [6.45, 7) is 0. The Bertz CT molecular complexity index is 540. The lowest BCUT2D eigenvalue weighted by atomic mass is 10.1. The second-order valence-corrected chi connectivity index (χ2v) is 4.25. The van der Waals surface area contributed by atoms with Gasteiger partial charge in [0, 0.05) is 23.6 Å². The Hall–Kier alpha value is -2.07. The number of hydrogen-bond acceptors (Lipinski definition) is 3. The van der Waals surface area contributed by atoms with E-state index in [2.05, 4.69) is 10.3 Å². The number of ketones is 1. The molecule has 1 aromatic heterocycles. The maximum atomic E-state index is 11.9. The average molecular weight is 256 g/mol. The number of rotatable bonds is 4. The number of anilines is 1. The van der Waals surface area contributed by atoms with Gasteiger partial charge in [0.05, 0.1) is 11.4 Å². The van der Waals surface area contributed by atoms with Crippen LogP contribution in [0.5, 0.6) is 0 Å². The molecule has 1 N–H and O–H groups in total. The number of nitrogens with one attached hydrogen (secondary N) is 1. The van der Waals surface area contributed by atoms with E-state index in [1.807, 2.05) is 30.3 Å². The van der Waals surface area contributed by atoms with Gasteiger partial charge in [0.25, 0.3) is 0 Å². The number of carbonyl (C=O) groups excluding carboxylic acids is 1.